The SMILES string of the molecule is O=C(O)C1CCCC(CC(F)F)C1. The van der Waals surface area contributed by atoms with Crippen molar-refractivity contribution in [2.75, 3.05) is 0 Å². The highest BCUT2D eigenvalue weighted by Crippen LogP contribution is 2.32. The average Bonchev–Trinajstić information content (AvgIpc) is 2.03. The average molecular weight is 192 g/mol. The summed E-state index contributed by atoms with van der Waals surface area (Å²) in [5.74, 6) is -1.31. The zero-order valence-corrected chi connectivity index (χ0v) is 7.38. The maximum atomic E-state index is 12.0. The van der Waals surface area contributed by atoms with Crippen LogP contribution in [0, 0.1) is 11.8 Å². The summed E-state index contributed by atoms with van der Waals surface area (Å²) in [5, 5.41) is 8.70. The van der Waals surface area contributed by atoms with Crippen LogP contribution in [-0.2, 0) is 4.79 Å². The summed E-state index contributed by atoms with van der Waals surface area (Å²) in [6.07, 6.45) is 0.179. The summed E-state index contributed by atoms with van der Waals surface area (Å²) >= 11 is 0. The van der Waals surface area contributed by atoms with Crippen LogP contribution >= 0.6 is 0 Å². The summed E-state index contributed by atoms with van der Waals surface area (Å²) < 4.78 is 24.0. The summed E-state index contributed by atoms with van der Waals surface area (Å²) in [5.41, 5.74) is 0. The zero-order valence-electron chi connectivity index (χ0n) is 7.38. The third-order valence-corrected chi connectivity index (χ3v) is 2.64. The van der Waals surface area contributed by atoms with Crippen LogP contribution in [0.3, 0.4) is 0 Å². The molecule has 13 heavy (non-hydrogen) atoms. The molecule has 0 saturated heterocycles. The number of halogens is 2. The van der Waals surface area contributed by atoms with Crippen molar-refractivity contribution in [2.45, 2.75) is 38.5 Å². The van der Waals surface area contributed by atoms with Crippen molar-refractivity contribution < 1.29 is 18.7 Å². The standard InChI is InChI=1S/C9H14F2O2/c10-8(11)5-6-2-1-3-7(4-6)9(12)13/h6-8H,1-5H2,(H,12,13). The lowest BCUT2D eigenvalue weighted by atomic mass is 9.80. The number of carboxylic acids is 1. The van der Waals surface area contributed by atoms with Crippen LogP contribution in [0.25, 0.3) is 0 Å². The van der Waals surface area contributed by atoms with Gasteiger partial charge in [-0.05, 0) is 18.8 Å². The summed E-state index contributed by atoms with van der Waals surface area (Å²) in [4.78, 5) is 10.6. The van der Waals surface area contributed by atoms with Crippen LogP contribution in [0.5, 0.6) is 0 Å². The van der Waals surface area contributed by atoms with E-state index in [0.717, 1.165) is 12.8 Å². The molecule has 4 heteroatoms. The largest absolute Gasteiger partial charge is 0.481 e. The Balaban J connectivity index is 2.37. The molecule has 1 N–H and O–H groups in total. The molecule has 0 aromatic carbocycles. The predicted octanol–water partition coefficient (Wildman–Crippen LogP) is 2.53. The zero-order chi connectivity index (χ0) is 9.84. The minimum Gasteiger partial charge on any atom is -0.481 e. The predicted molar refractivity (Wildman–Crippen MR) is 43.7 cm³/mol. The van der Waals surface area contributed by atoms with Gasteiger partial charge in [-0.3, -0.25) is 4.79 Å². The van der Waals surface area contributed by atoms with E-state index in [4.69, 9.17) is 5.11 Å². The molecule has 0 aromatic rings. The van der Waals surface area contributed by atoms with Gasteiger partial charge < -0.3 is 5.11 Å². The van der Waals surface area contributed by atoms with Crippen molar-refractivity contribution in [3.05, 3.63) is 0 Å². The van der Waals surface area contributed by atoms with Crippen molar-refractivity contribution in [3.8, 4) is 0 Å². The fraction of sp³-hybridized carbons (Fsp3) is 0.889. The fourth-order valence-electron chi connectivity index (χ4n) is 1.98. The molecule has 0 radical (unpaired) electrons. The highest BCUT2D eigenvalue weighted by atomic mass is 19.3. The number of alkyl halides is 2. The van der Waals surface area contributed by atoms with E-state index in [9.17, 15) is 13.6 Å². The van der Waals surface area contributed by atoms with E-state index in [1.165, 1.54) is 0 Å². The molecular weight excluding hydrogens is 178 g/mol. The number of aliphatic carboxylic acids is 1. The van der Waals surface area contributed by atoms with Crippen LogP contribution in [0.4, 0.5) is 8.78 Å². The highest BCUT2D eigenvalue weighted by Gasteiger charge is 2.28. The van der Waals surface area contributed by atoms with Crippen LogP contribution in [0.15, 0.2) is 0 Å². The van der Waals surface area contributed by atoms with E-state index >= 15 is 0 Å². The van der Waals surface area contributed by atoms with Crippen LogP contribution in [0.1, 0.15) is 32.1 Å². The van der Waals surface area contributed by atoms with E-state index in [1.807, 2.05) is 0 Å². The van der Waals surface area contributed by atoms with Gasteiger partial charge in [-0.1, -0.05) is 12.8 Å². The van der Waals surface area contributed by atoms with E-state index in [-0.39, 0.29) is 12.3 Å². The Kier molecular flexibility index (Phi) is 3.63. The molecule has 0 aromatic heterocycles. The molecule has 1 rings (SSSR count). The highest BCUT2D eigenvalue weighted by molar-refractivity contribution is 5.70. The summed E-state index contributed by atoms with van der Waals surface area (Å²) in [7, 11) is 0. The number of carboxylic acid groups (broad SMARTS) is 1. The lowest BCUT2D eigenvalue weighted by Gasteiger charge is -2.26. The quantitative estimate of drug-likeness (QED) is 0.746. The molecule has 2 nitrogen and oxygen atoms in total. The Hall–Kier alpha value is -0.670. The third-order valence-electron chi connectivity index (χ3n) is 2.64. The van der Waals surface area contributed by atoms with E-state index in [2.05, 4.69) is 0 Å². The second kappa shape index (κ2) is 4.53. The second-order valence-corrected chi connectivity index (χ2v) is 3.69. The molecule has 0 heterocycles. The molecule has 0 aliphatic heterocycles. The molecule has 2 atom stereocenters. The van der Waals surface area contributed by atoms with Gasteiger partial charge in [0.05, 0.1) is 5.92 Å². The minimum atomic E-state index is -2.29. The lowest BCUT2D eigenvalue weighted by Crippen LogP contribution is -2.23. The van der Waals surface area contributed by atoms with Gasteiger partial charge >= 0.3 is 5.97 Å². The van der Waals surface area contributed by atoms with Gasteiger partial charge in [0.25, 0.3) is 0 Å². The van der Waals surface area contributed by atoms with E-state index in [1.54, 1.807) is 0 Å². The topological polar surface area (TPSA) is 37.3 Å². The first-order chi connectivity index (χ1) is 6.09. The fourth-order valence-corrected chi connectivity index (χ4v) is 1.98. The first-order valence-corrected chi connectivity index (χ1v) is 4.60. The van der Waals surface area contributed by atoms with E-state index in [0.29, 0.717) is 12.8 Å². The smallest absolute Gasteiger partial charge is 0.306 e. The van der Waals surface area contributed by atoms with Crippen molar-refractivity contribution in [3.63, 3.8) is 0 Å². The molecule has 1 aliphatic carbocycles. The van der Waals surface area contributed by atoms with Gasteiger partial charge in [0.2, 0.25) is 6.43 Å². The Labute approximate surface area is 75.9 Å². The summed E-state index contributed by atoms with van der Waals surface area (Å²) in [6.45, 7) is 0. The van der Waals surface area contributed by atoms with Gasteiger partial charge in [-0.15, -0.1) is 0 Å². The molecule has 0 bridgehead atoms. The number of rotatable bonds is 3. The van der Waals surface area contributed by atoms with Gasteiger partial charge in [-0.2, -0.15) is 0 Å². The molecule has 2 unspecified atom stereocenters. The van der Waals surface area contributed by atoms with Crippen molar-refractivity contribution in [1.82, 2.24) is 0 Å². The van der Waals surface area contributed by atoms with E-state index < -0.39 is 18.3 Å². The van der Waals surface area contributed by atoms with Crippen molar-refractivity contribution in [2.24, 2.45) is 11.8 Å². The minimum absolute atomic E-state index is 0.0881. The number of hydrogen-bond acceptors (Lipinski definition) is 1. The van der Waals surface area contributed by atoms with Crippen LogP contribution < -0.4 is 0 Å². The van der Waals surface area contributed by atoms with Gasteiger partial charge in [0.1, 0.15) is 0 Å². The molecule has 1 fully saturated rings. The van der Waals surface area contributed by atoms with Gasteiger partial charge in [-0.25, -0.2) is 8.78 Å². The molecule has 76 valence electrons. The summed E-state index contributed by atoms with van der Waals surface area (Å²) in [6, 6.07) is 0. The lowest BCUT2D eigenvalue weighted by molar-refractivity contribution is -0.143. The number of hydrogen-bond donors (Lipinski definition) is 1. The maximum Gasteiger partial charge on any atom is 0.306 e. The number of carbonyl (C=O) groups is 1. The molecular formula is C9H14F2O2. The Morgan fingerprint density at radius 2 is 2.15 bits per heavy atom. The molecule has 0 amide bonds. The van der Waals surface area contributed by atoms with Crippen LogP contribution in [0.2, 0.25) is 0 Å². The molecule has 0 spiro atoms. The van der Waals surface area contributed by atoms with Gasteiger partial charge in [0, 0.05) is 6.42 Å². The van der Waals surface area contributed by atoms with Crippen molar-refractivity contribution >= 4 is 5.97 Å². The molecule has 1 aliphatic rings. The second-order valence-electron chi connectivity index (χ2n) is 3.69. The Morgan fingerprint density at radius 1 is 1.46 bits per heavy atom. The van der Waals surface area contributed by atoms with Gasteiger partial charge in [0.15, 0.2) is 0 Å². The van der Waals surface area contributed by atoms with Crippen LogP contribution in [-0.4, -0.2) is 17.5 Å². The normalized spacial score (nSPS) is 29.2. The first-order valence-electron chi connectivity index (χ1n) is 4.60. The Morgan fingerprint density at radius 3 is 2.69 bits per heavy atom. The molecule has 1 saturated carbocycles. The Bertz CT molecular complexity index is 182. The maximum absolute atomic E-state index is 12.0. The van der Waals surface area contributed by atoms with Crippen molar-refractivity contribution in [1.29, 1.82) is 0 Å². The monoisotopic (exact) mass is 192 g/mol. The first kappa shape index (κ1) is 10.4. The third kappa shape index (κ3) is 3.28.